The molecule has 0 aliphatic heterocycles. The molecular formula is C24H32NO4+. The average molecular weight is 399 g/mol. The Kier molecular flexibility index (Phi) is 8.05. The van der Waals surface area contributed by atoms with Crippen LogP contribution in [0.5, 0.6) is 0 Å². The van der Waals surface area contributed by atoms with Crippen LogP contribution in [0.3, 0.4) is 0 Å². The van der Waals surface area contributed by atoms with E-state index >= 15 is 0 Å². The maximum atomic E-state index is 10.7. The van der Waals surface area contributed by atoms with Gasteiger partial charge in [-0.15, -0.1) is 0 Å². The molecule has 1 aromatic rings. The first-order valence-electron chi connectivity index (χ1n) is 10.6. The van der Waals surface area contributed by atoms with Crippen molar-refractivity contribution in [1.29, 1.82) is 0 Å². The van der Waals surface area contributed by atoms with Crippen LogP contribution < -0.4 is 5.41 Å². The normalized spacial score (nSPS) is 24.0. The fourth-order valence-corrected chi connectivity index (χ4v) is 3.92. The minimum Gasteiger partial charge on any atom is -0.481 e. The summed E-state index contributed by atoms with van der Waals surface area (Å²) in [6, 6.07) is 9.83. The Hall–Kier alpha value is -2.40. The minimum atomic E-state index is -0.751. The van der Waals surface area contributed by atoms with E-state index in [0.29, 0.717) is 30.8 Å². The lowest BCUT2D eigenvalue weighted by molar-refractivity contribution is -0.140. The van der Waals surface area contributed by atoms with Gasteiger partial charge in [-0.3, -0.25) is 4.79 Å². The summed E-state index contributed by atoms with van der Waals surface area (Å²) in [5, 5.41) is 14.8. The number of hydrogen-bond donors (Lipinski definition) is 2. The van der Waals surface area contributed by atoms with Crippen molar-refractivity contribution in [2.45, 2.75) is 51.0 Å². The highest BCUT2D eigenvalue weighted by Gasteiger charge is 2.24. The Labute approximate surface area is 172 Å². The smallest absolute Gasteiger partial charge is 0.366 e. The third-order valence-corrected chi connectivity index (χ3v) is 5.81. The highest BCUT2D eigenvalue weighted by Crippen LogP contribution is 2.30. The van der Waals surface area contributed by atoms with Crippen molar-refractivity contribution in [2.24, 2.45) is 11.8 Å². The maximum Gasteiger partial charge on any atom is 0.366 e. The molecule has 5 nitrogen and oxygen atoms in total. The van der Waals surface area contributed by atoms with Gasteiger partial charge in [-0.2, -0.15) is 0 Å². The zero-order valence-electron chi connectivity index (χ0n) is 17.0. The fraction of sp³-hybridized carbons (Fsp3) is 0.500. The second-order valence-corrected chi connectivity index (χ2v) is 8.07. The lowest BCUT2D eigenvalue weighted by Crippen LogP contribution is -2.43. The summed E-state index contributed by atoms with van der Waals surface area (Å²) in [4.78, 5) is 10.7. The highest BCUT2D eigenvalue weighted by molar-refractivity contribution is 5.89. The molecule has 1 aromatic carbocycles. The second kappa shape index (κ2) is 11.0. The molecule has 0 heterocycles. The molecule has 1 atom stereocenters. The van der Waals surface area contributed by atoms with Crippen molar-refractivity contribution in [2.75, 3.05) is 13.2 Å². The Morgan fingerprint density at radius 2 is 1.76 bits per heavy atom. The van der Waals surface area contributed by atoms with E-state index in [1.54, 1.807) is 0 Å². The van der Waals surface area contributed by atoms with Crippen molar-refractivity contribution >= 4 is 11.9 Å². The molecule has 5 heteroatoms. The van der Waals surface area contributed by atoms with Gasteiger partial charge in [0.05, 0.1) is 24.9 Å². The second-order valence-electron chi connectivity index (χ2n) is 8.07. The van der Waals surface area contributed by atoms with Crippen LogP contribution in [0.4, 0.5) is 0 Å². The first kappa shape index (κ1) is 21.3. The summed E-state index contributed by atoms with van der Waals surface area (Å²) in [5.74, 6) is 0.922. The van der Waals surface area contributed by atoms with Gasteiger partial charge in [-0.25, -0.2) is 5.41 Å². The third kappa shape index (κ3) is 7.17. The predicted octanol–water partition coefficient (Wildman–Crippen LogP) is 3.15. The van der Waals surface area contributed by atoms with Crippen LogP contribution in [0.25, 0.3) is 0 Å². The number of benzene rings is 1. The van der Waals surface area contributed by atoms with Crippen LogP contribution in [0, 0.1) is 11.8 Å². The average Bonchev–Trinajstić information content (AvgIpc) is 2.76. The molecule has 2 aliphatic rings. The van der Waals surface area contributed by atoms with E-state index in [0.717, 1.165) is 49.8 Å². The van der Waals surface area contributed by atoms with Crippen LogP contribution in [-0.2, 0) is 14.3 Å². The topological polar surface area (TPSA) is 81.3 Å². The number of carboxylic acid groups (broad SMARTS) is 1. The zero-order chi connectivity index (χ0) is 20.5. The van der Waals surface area contributed by atoms with Crippen LogP contribution in [-0.4, -0.2) is 36.3 Å². The summed E-state index contributed by atoms with van der Waals surface area (Å²) in [7, 11) is 0. The monoisotopic (exact) mass is 398 g/mol. The molecular weight excluding hydrogens is 366 g/mol. The van der Waals surface area contributed by atoms with Crippen molar-refractivity contribution < 1.29 is 24.8 Å². The SMILES string of the molecule is [NH2+]=C(OCC1CCC(COC2C=CC(CCC(=O)O)=CC2)CC1)c1ccccc1. The molecule has 0 aromatic heterocycles. The van der Waals surface area contributed by atoms with E-state index in [4.69, 9.17) is 20.0 Å². The molecule has 156 valence electrons. The van der Waals surface area contributed by atoms with Gasteiger partial charge in [0.25, 0.3) is 0 Å². The van der Waals surface area contributed by atoms with E-state index in [-0.39, 0.29) is 12.5 Å². The molecule has 3 N–H and O–H groups in total. The molecule has 2 aliphatic carbocycles. The van der Waals surface area contributed by atoms with E-state index in [9.17, 15) is 4.79 Å². The summed E-state index contributed by atoms with van der Waals surface area (Å²) in [6.45, 7) is 1.47. The standard InChI is InChI=1S/C24H31NO4/c25-24(21-4-2-1-3-5-21)29-17-20-8-6-19(7-9-20)16-28-22-13-10-18(11-14-22)12-15-23(26)27/h1-5,10-11,13,19-20,22,25H,6-9,12,14-17H2,(H,26,27)/p+1. The van der Waals surface area contributed by atoms with Crippen LogP contribution in [0.15, 0.2) is 54.1 Å². The molecule has 3 rings (SSSR count). The molecule has 0 spiro atoms. The highest BCUT2D eigenvalue weighted by atomic mass is 16.5. The van der Waals surface area contributed by atoms with E-state index in [1.165, 1.54) is 0 Å². The summed E-state index contributed by atoms with van der Waals surface area (Å²) >= 11 is 0. The van der Waals surface area contributed by atoms with Crippen molar-refractivity contribution in [3.63, 3.8) is 0 Å². The minimum absolute atomic E-state index is 0.116. The first-order valence-corrected chi connectivity index (χ1v) is 10.6. The number of carbonyl (C=O) groups is 1. The van der Waals surface area contributed by atoms with E-state index < -0.39 is 5.97 Å². The molecule has 0 saturated heterocycles. The first-order chi connectivity index (χ1) is 14.1. The number of nitrogens with two attached hydrogens (primary N) is 1. The summed E-state index contributed by atoms with van der Waals surface area (Å²) in [6.07, 6.45) is 12.5. The molecule has 1 fully saturated rings. The Morgan fingerprint density at radius 3 is 2.38 bits per heavy atom. The summed E-state index contributed by atoms with van der Waals surface area (Å²) < 4.78 is 11.9. The largest absolute Gasteiger partial charge is 0.481 e. The third-order valence-electron chi connectivity index (χ3n) is 5.81. The van der Waals surface area contributed by atoms with E-state index in [1.807, 2.05) is 36.4 Å². The summed E-state index contributed by atoms with van der Waals surface area (Å²) in [5.41, 5.74) is 2.04. The van der Waals surface area contributed by atoms with Gasteiger partial charge in [-0.05, 0) is 62.5 Å². The van der Waals surface area contributed by atoms with Crippen LogP contribution in [0.1, 0.15) is 50.5 Å². The molecule has 29 heavy (non-hydrogen) atoms. The number of carboxylic acids is 1. The molecule has 0 bridgehead atoms. The zero-order valence-corrected chi connectivity index (χ0v) is 17.0. The lowest BCUT2D eigenvalue weighted by atomic mass is 9.83. The van der Waals surface area contributed by atoms with Gasteiger partial charge in [0.15, 0.2) is 0 Å². The van der Waals surface area contributed by atoms with Crippen molar-refractivity contribution in [3.8, 4) is 0 Å². The van der Waals surface area contributed by atoms with Gasteiger partial charge >= 0.3 is 11.9 Å². The molecule has 0 radical (unpaired) electrons. The van der Waals surface area contributed by atoms with Crippen molar-refractivity contribution in [1.82, 2.24) is 0 Å². The van der Waals surface area contributed by atoms with Crippen LogP contribution >= 0.6 is 0 Å². The van der Waals surface area contributed by atoms with Gasteiger partial charge < -0.3 is 14.6 Å². The Bertz CT molecular complexity index is 733. The van der Waals surface area contributed by atoms with Gasteiger partial charge in [0.1, 0.15) is 0 Å². The number of aliphatic carboxylic acids is 1. The lowest BCUT2D eigenvalue weighted by Gasteiger charge is -2.29. The van der Waals surface area contributed by atoms with E-state index in [2.05, 4.69) is 12.2 Å². The maximum absolute atomic E-state index is 10.7. The van der Waals surface area contributed by atoms with Crippen LogP contribution in [0.2, 0.25) is 0 Å². The van der Waals surface area contributed by atoms with Crippen molar-refractivity contribution in [3.05, 3.63) is 59.7 Å². The quantitative estimate of drug-likeness (QED) is 0.495. The Morgan fingerprint density at radius 1 is 1.07 bits per heavy atom. The number of rotatable bonds is 9. The molecule has 1 saturated carbocycles. The predicted molar refractivity (Wildman–Crippen MR) is 112 cm³/mol. The number of ether oxygens (including phenoxy) is 2. The fourth-order valence-electron chi connectivity index (χ4n) is 3.92. The molecule has 1 unspecified atom stereocenters. The number of hydrogen-bond acceptors (Lipinski definition) is 3. The Balaban J connectivity index is 1.29. The van der Waals surface area contributed by atoms with Gasteiger partial charge in [0.2, 0.25) is 0 Å². The van der Waals surface area contributed by atoms with Gasteiger partial charge in [-0.1, -0.05) is 42.0 Å². The number of allylic oxidation sites excluding steroid dienone is 2. The molecule has 0 amide bonds. The van der Waals surface area contributed by atoms with Gasteiger partial charge in [0, 0.05) is 6.42 Å².